The van der Waals surface area contributed by atoms with Crippen molar-refractivity contribution in [3.8, 4) is 0 Å². The molecule has 0 saturated carbocycles. The SMILES string of the molecule is COC(=O)c1sccc1N1CCNC1=O. The summed E-state index contributed by atoms with van der Waals surface area (Å²) in [5.74, 6) is -0.403. The number of amides is 2. The van der Waals surface area contributed by atoms with Gasteiger partial charge in [0.15, 0.2) is 0 Å². The van der Waals surface area contributed by atoms with E-state index in [1.807, 2.05) is 0 Å². The molecule has 1 fully saturated rings. The van der Waals surface area contributed by atoms with Crippen molar-refractivity contribution in [3.63, 3.8) is 0 Å². The van der Waals surface area contributed by atoms with E-state index >= 15 is 0 Å². The number of ether oxygens (including phenoxy) is 1. The first-order valence-electron chi connectivity index (χ1n) is 4.45. The Labute approximate surface area is 90.6 Å². The highest BCUT2D eigenvalue weighted by atomic mass is 32.1. The second kappa shape index (κ2) is 3.90. The monoisotopic (exact) mass is 226 g/mol. The lowest BCUT2D eigenvalue weighted by molar-refractivity contribution is 0.0607. The van der Waals surface area contributed by atoms with Crippen LogP contribution in [0.3, 0.4) is 0 Å². The summed E-state index contributed by atoms with van der Waals surface area (Å²) in [5.41, 5.74) is 0.627. The summed E-state index contributed by atoms with van der Waals surface area (Å²) < 4.78 is 4.64. The van der Waals surface area contributed by atoms with E-state index in [1.165, 1.54) is 18.4 Å². The molecule has 1 aliphatic heterocycles. The Morgan fingerprint density at radius 3 is 3.07 bits per heavy atom. The molecule has 15 heavy (non-hydrogen) atoms. The molecule has 1 aromatic rings. The highest BCUT2D eigenvalue weighted by Crippen LogP contribution is 2.27. The molecule has 1 N–H and O–H groups in total. The zero-order chi connectivity index (χ0) is 10.8. The van der Waals surface area contributed by atoms with Crippen LogP contribution in [-0.2, 0) is 4.74 Å². The number of nitrogens with zero attached hydrogens (tertiary/aromatic N) is 1. The Bertz CT molecular complexity index is 402. The van der Waals surface area contributed by atoms with Crippen LogP contribution in [0.5, 0.6) is 0 Å². The van der Waals surface area contributed by atoms with Gasteiger partial charge in [-0.2, -0.15) is 0 Å². The van der Waals surface area contributed by atoms with E-state index in [0.717, 1.165) is 0 Å². The van der Waals surface area contributed by atoms with Crippen LogP contribution in [0.2, 0.25) is 0 Å². The van der Waals surface area contributed by atoms with Gasteiger partial charge in [-0.15, -0.1) is 11.3 Å². The molecule has 5 nitrogen and oxygen atoms in total. The Hall–Kier alpha value is -1.56. The smallest absolute Gasteiger partial charge is 0.350 e. The minimum atomic E-state index is -0.403. The van der Waals surface area contributed by atoms with Gasteiger partial charge >= 0.3 is 12.0 Å². The van der Waals surface area contributed by atoms with Crippen LogP contribution >= 0.6 is 11.3 Å². The molecule has 2 heterocycles. The minimum absolute atomic E-state index is 0.168. The number of methoxy groups -OCH3 is 1. The summed E-state index contributed by atoms with van der Waals surface area (Å²) in [5, 5.41) is 4.45. The molecule has 1 aliphatic rings. The van der Waals surface area contributed by atoms with Gasteiger partial charge in [-0.1, -0.05) is 0 Å². The van der Waals surface area contributed by atoms with Gasteiger partial charge in [-0.25, -0.2) is 9.59 Å². The van der Waals surface area contributed by atoms with Crippen LogP contribution in [0.15, 0.2) is 11.4 Å². The van der Waals surface area contributed by atoms with Crippen molar-refractivity contribution < 1.29 is 14.3 Å². The van der Waals surface area contributed by atoms with E-state index in [1.54, 1.807) is 16.3 Å². The lowest BCUT2D eigenvalue weighted by atomic mass is 10.3. The van der Waals surface area contributed by atoms with Crippen LogP contribution < -0.4 is 10.2 Å². The van der Waals surface area contributed by atoms with Crippen LogP contribution in [0.25, 0.3) is 0 Å². The van der Waals surface area contributed by atoms with Gasteiger partial charge in [0.25, 0.3) is 0 Å². The number of hydrogen-bond acceptors (Lipinski definition) is 4. The summed E-state index contributed by atoms with van der Waals surface area (Å²) in [6.45, 7) is 1.19. The molecule has 0 atom stereocenters. The molecule has 0 bridgehead atoms. The third-order valence-corrected chi connectivity index (χ3v) is 3.05. The fourth-order valence-electron chi connectivity index (χ4n) is 1.46. The average molecular weight is 226 g/mol. The van der Waals surface area contributed by atoms with Crippen molar-refractivity contribution in [1.29, 1.82) is 0 Å². The van der Waals surface area contributed by atoms with Gasteiger partial charge in [0, 0.05) is 13.1 Å². The van der Waals surface area contributed by atoms with E-state index in [9.17, 15) is 9.59 Å². The number of rotatable bonds is 2. The van der Waals surface area contributed by atoms with Crippen LogP contribution in [0.1, 0.15) is 9.67 Å². The number of carbonyl (C=O) groups excluding carboxylic acids is 2. The number of esters is 1. The second-order valence-electron chi connectivity index (χ2n) is 3.01. The summed E-state index contributed by atoms with van der Waals surface area (Å²) in [6, 6.07) is 1.58. The minimum Gasteiger partial charge on any atom is -0.465 e. The maximum absolute atomic E-state index is 11.4. The first-order valence-corrected chi connectivity index (χ1v) is 5.33. The van der Waals surface area contributed by atoms with Crippen molar-refractivity contribution in [1.82, 2.24) is 5.32 Å². The van der Waals surface area contributed by atoms with E-state index < -0.39 is 5.97 Å². The standard InChI is InChI=1S/C9H10N2O3S/c1-14-8(12)7-6(2-5-15-7)11-4-3-10-9(11)13/h2,5H,3-4H2,1H3,(H,10,13). The van der Waals surface area contributed by atoms with E-state index in [-0.39, 0.29) is 6.03 Å². The number of carbonyl (C=O) groups is 2. The Morgan fingerprint density at radius 1 is 1.67 bits per heavy atom. The molecule has 1 aromatic heterocycles. The third kappa shape index (κ3) is 1.68. The molecule has 2 rings (SSSR count). The number of urea groups is 1. The molecule has 0 aromatic carbocycles. The second-order valence-corrected chi connectivity index (χ2v) is 3.93. The fraction of sp³-hybridized carbons (Fsp3) is 0.333. The van der Waals surface area contributed by atoms with Crippen molar-refractivity contribution in [2.75, 3.05) is 25.1 Å². The normalized spacial score (nSPS) is 15.3. The van der Waals surface area contributed by atoms with E-state index in [2.05, 4.69) is 10.1 Å². The summed E-state index contributed by atoms with van der Waals surface area (Å²) in [7, 11) is 1.33. The summed E-state index contributed by atoms with van der Waals surface area (Å²) in [6.07, 6.45) is 0. The van der Waals surface area contributed by atoms with Gasteiger partial charge in [0.2, 0.25) is 0 Å². The van der Waals surface area contributed by atoms with Gasteiger partial charge in [0.05, 0.1) is 12.8 Å². The maximum atomic E-state index is 11.4. The molecular weight excluding hydrogens is 216 g/mol. The fourth-order valence-corrected chi connectivity index (χ4v) is 2.27. The van der Waals surface area contributed by atoms with Gasteiger partial charge in [-0.3, -0.25) is 4.90 Å². The Kier molecular flexibility index (Phi) is 2.59. The van der Waals surface area contributed by atoms with Crippen molar-refractivity contribution in [2.24, 2.45) is 0 Å². The van der Waals surface area contributed by atoms with Crippen LogP contribution in [0.4, 0.5) is 10.5 Å². The third-order valence-electron chi connectivity index (χ3n) is 2.16. The number of anilines is 1. The Morgan fingerprint density at radius 2 is 2.47 bits per heavy atom. The molecule has 1 saturated heterocycles. The van der Waals surface area contributed by atoms with E-state index in [4.69, 9.17) is 0 Å². The topological polar surface area (TPSA) is 58.6 Å². The number of hydrogen-bond donors (Lipinski definition) is 1. The van der Waals surface area contributed by atoms with Crippen molar-refractivity contribution in [2.45, 2.75) is 0 Å². The zero-order valence-corrected chi connectivity index (χ0v) is 8.97. The van der Waals surface area contributed by atoms with Gasteiger partial charge in [-0.05, 0) is 11.4 Å². The molecule has 0 aliphatic carbocycles. The first-order chi connectivity index (χ1) is 7.24. The molecule has 0 spiro atoms. The summed E-state index contributed by atoms with van der Waals surface area (Å²) in [4.78, 5) is 24.8. The quantitative estimate of drug-likeness (QED) is 0.767. The molecule has 2 amide bonds. The average Bonchev–Trinajstić information content (AvgIpc) is 2.84. The zero-order valence-electron chi connectivity index (χ0n) is 8.15. The van der Waals surface area contributed by atoms with Crippen LogP contribution in [-0.4, -0.2) is 32.2 Å². The first kappa shape index (κ1) is 9.97. The van der Waals surface area contributed by atoms with Gasteiger partial charge in [0.1, 0.15) is 4.88 Å². The van der Waals surface area contributed by atoms with Crippen LogP contribution in [0, 0.1) is 0 Å². The van der Waals surface area contributed by atoms with Crippen molar-refractivity contribution >= 4 is 29.0 Å². The molecular formula is C9H10N2O3S. The number of nitrogens with one attached hydrogen (secondary N) is 1. The predicted octanol–water partition coefficient (Wildman–Crippen LogP) is 1.06. The maximum Gasteiger partial charge on any atom is 0.350 e. The van der Waals surface area contributed by atoms with Crippen molar-refractivity contribution in [3.05, 3.63) is 16.3 Å². The lowest BCUT2D eigenvalue weighted by Gasteiger charge is -2.13. The number of thiophene rings is 1. The molecule has 6 heteroatoms. The molecule has 80 valence electrons. The van der Waals surface area contributed by atoms with Gasteiger partial charge < -0.3 is 10.1 Å². The lowest BCUT2D eigenvalue weighted by Crippen LogP contribution is -2.28. The summed E-state index contributed by atoms with van der Waals surface area (Å²) >= 11 is 1.27. The van der Waals surface area contributed by atoms with E-state index in [0.29, 0.717) is 23.7 Å². The predicted molar refractivity (Wildman–Crippen MR) is 56.4 cm³/mol. The molecule has 0 unspecified atom stereocenters. The Balaban J connectivity index is 2.32. The highest BCUT2D eigenvalue weighted by molar-refractivity contribution is 7.12. The largest absolute Gasteiger partial charge is 0.465 e. The molecule has 0 radical (unpaired) electrons. The highest BCUT2D eigenvalue weighted by Gasteiger charge is 2.26.